The number of aliphatic imine (C=N–C) groups is 1. The van der Waals surface area contributed by atoms with Crippen molar-refractivity contribution in [2.45, 2.75) is 31.9 Å². The molecule has 2 rings (SSSR count). The van der Waals surface area contributed by atoms with Crippen molar-refractivity contribution >= 4 is 11.7 Å². The zero-order valence-corrected chi connectivity index (χ0v) is 10.3. The maximum absolute atomic E-state index is 12.3. The fourth-order valence-corrected chi connectivity index (χ4v) is 1.75. The number of hydrogen-bond acceptors (Lipinski definition) is 4. The summed E-state index contributed by atoms with van der Waals surface area (Å²) in [6, 6.07) is 2.28. The molecule has 0 amide bonds. The number of pyridine rings is 1. The van der Waals surface area contributed by atoms with Gasteiger partial charge in [0.05, 0.1) is 5.56 Å². The van der Waals surface area contributed by atoms with Crippen LogP contribution >= 0.6 is 0 Å². The molecule has 2 N–H and O–H groups in total. The van der Waals surface area contributed by atoms with E-state index in [2.05, 4.69) is 20.8 Å². The average Bonchev–Trinajstić information content (AvgIpc) is 2.64. The molecule has 0 fully saturated rings. The second kappa shape index (κ2) is 5.90. The molecule has 1 aromatic rings. The molecule has 1 aliphatic heterocycles. The van der Waals surface area contributed by atoms with Crippen molar-refractivity contribution in [3.63, 3.8) is 0 Å². The summed E-state index contributed by atoms with van der Waals surface area (Å²) in [6.45, 7) is 0.782. The van der Waals surface area contributed by atoms with E-state index < -0.39 is 11.7 Å². The second-order valence-corrected chi connectivity index (χ2v) is 4.32. The molecular weight excluding hydrogens is 257 g/mol. The first-order valence-corrected chi connectivity index (χ1v) is 6.14. The van der Waals surface area contributed by atoms with Gasteiger partial charge in [0.15, 0.2) is 0 Å². The van der Waals surface area contributed by atoms with Crippen LogP contribution in [0.4, 0.5) is 19.0 Å². The van der Waals surface area contributed by atoms with E-state index >= 15 is 0 Å². The van der Waals surface area contributed by atoms with E-state index in [1.807, 2.05) is 0 Å². The van der Waals surface area contributed by atoms with Crippen molar-refractivity contribution in [3.8, 4) is 0 Å². The first-order valence-electron chi connectivity index (χ1n) is 6.14. The van der Waals surface area contributed by atoms with Crippen molar-refractivity contribution in [3.05, 3.63) is 23.9 Å². The summed E-state index contributed by atoms with van der Waals surface area (Å²) < 4.78 is 37.0. The van der Waals surface area contributed by atoms with Crippen LogP contribution in [0.3, 0.4) is 0 Å². The van der Waals surface area contributed by atoms with Crippen molar-refractivity contribution in [2.24, 2.45) is 4.99 Å². The van der Waals surface area contributed by atoms with E-state index in [1.165, 1.54) is 6.07 Å². The number of amidine groups is 1. The summed E-state index contributed by atoms with van der Waals surface area (Å²) in [5, 5.41) is 0. The number of rotatable bonds is 2. The van der Waals surface area contributed by atoms with Gasteiger partial charge >= 0.3 is 6.18 Å². The van der Waals surface area contributed by atoms with Crippen molar-refractivity contribution in [2.75, 3.05) is 12.0 Å². The summed E-state index contributed by atoms with van der Waals surface area (Å²) in [6.07, 6.45) is 0.571. The van der Waals surface area contributed by atoms with Gasteiger partial charge in [-0.1, -0.05) is 6.42 Å². The van der Waals surface area contributed by atoms with Gasteiger partial charge in [0, 0.05) is 19.2 Å². The normalized spacial score (nSPS) is 16.5. The van der Waals surface area contributed by atoms with Crippen LogP contribution in [0.15, 0.2) is 23.3 Å². The van der Waals surface area contributed by atoms with E-state index in [0.717, 1.165) is 50.3 Å². The molecule has 0 unspecified atom stereocenters. The molecular formula is C12H15F3N4. The lowest BCUT2D eigenvalue weighted by Crippen LogP contribution is -2.29. The monoisotopic (exact) mass is 272 g/mol. The Morgan fingerprint density at radius 3 is 2.58 bits per heavy atom. The Bertz CT molecular complexity index is 439. The molecule has 0 bridgehead atoms. The van der Waals surface area contributed by atoms with E-state index in [4.69, 9.17) is 0 Å². The lowest BCUT2D eigenvalue weighted by molar-refractivity contribution is -0.137. The minimum atomic E-state index is -4.36. The summed E-state index contributed by atoms with van der Waals surface area (Å²) in [5.41, 5.74) is 4.89. The van der Waals surface area contributed by atoms with Gasteiger partial charge in [-0.15, -0.1) is 0 Å². The van der Waals surface area contributed by atoms with Crippen molar-refractivity contribution in [1.29, 1.82) is 0 Å². The Labute approximate surface area is 109 Å². The van der Waals surface area contributed by atoms with Gasteiger partial charge in [0.25, 0.3) is 0 Å². The number of hydrazine groups is 1. The van der Waals surface area contributed by atoms with E-state index in [-0.39, 0.29) is 0 Å². The minimum Gasteiger partial charge on any atom is -0.287 e. The molecule has 0 atom stereocenters. The van der Waals surface area contributed by atoms with Crippen LogP contribution in [-0.4, -0.2) is 17.4 Å². The average molecular weight is 272 g/mol. The SMILES string of the molecule is FC(F)(F)c1ccc(NNC2=NCCCCC2)nc1. The molecule has 0 saturated heterocycles. The molecule has 4 nitrogen and oxygen atoms in total. The highest BCUT2D eigenvalue weighted by molar-refractivity contribution is 5.83. The lowest BCUT2D eigenvalue weighted by Gasteiger charge is -2.11. The van der Waals surface area contributed by atoms with Crippen LogP contribution in [0.5, 0.6) is 0 Å². The van der Waals surface area contributed by atoms with Gasteiger partial charge in [-0.05, 0) is 25.0 Å². The number of aromatic nitrogens is 1. The fraction of sp³-hybridized carbons (Fsp3) is 0.500. The summed E-state index contributed by atoms with van der Waals surface area (Å²) in [5.74, 6) is 1.15. The maximum Gasteiger partial charge on any atom is 0.417 e. The Kier molecular flexibility index (Phi) is 4.24. The predicted molar refractivity (Wildman–Crippen MR) is 66.8 cm³/mol. The third-order valence-electron chi connectivity index (χ3n) is 2.80. The largest absolute Gasteiger partial charge is 0.417 e. The number of halogens is 3. The molecule has 1 aromatic heterocycles. The molecule has 7 heteroatoms. The molecule has 1 aliphatic rings. The second-order valence-electron chi connectivity index (χ2n) is 4.32. The van der Waals surface area contributed by atoms with Gasteiger partial charge in [-0.3, -0.25) is 15.8 Å². The first-order chi connectivity index (χ1) is 9.05. The molecule has 0 aromatic carbocycles. The van der Waals surface area contributed by atoms with Gasteiger partial charge in [-0.25, -0.2) is 4.98 Å². The van der Waals surface area contributed by atoms with Crippen LogP contribution in [0.25, 0.3) is 0 Å². The number of nitrogens with one attached hydrogen (secondary N) is 2. The van der Waals surface area contributed by atoms with Crippen LogP contribution in [0.1, 0.15) is 31.2 Å². The first kappa shape index (κ1) is 13.6. The van der Waals surface area contributed by atoms with Gasteiger partial charge in [0.2, 0.25) is 0 Å². The molecule has 0 radical (unpaired) electrons. The van der Waals surface area contributed by atoms with Gasteiger partial charge in [-0.2, -0.15) is 13.2 Å². The summed E-state index contributed by atoms with van der Waals surface area (Å²) in [4.78, 5) is 8.03. The van der Waals surface area contributed by atoms with Crippen LogP contribution < -0.4 is 10.9 Å². The van der Waals surface area contributed by atoms with Gasteiger partial charge in [0.1, 0.15) is 11.7 Å². The van der Waals surface area contributed by atoms with E-state index in [9.17, 15) is 13.2 Å². The third kappa shape index (κ3) is 4.11. The number of anilines is 1. The lowest BCUT2D eigenvalue weighted by atomic mass is 10.2. The summed E-state index contributed by atoms with van der Waals surface area (Å²) >= 11 is 0. The highest BCUT2D eigenvalue weighted by Crippen LogP contribution is 2.28. The van der Waals surface area contributed by atoms with Crippen LogP contribution in [0, 0.1) is 0 Å². The van der Waals surface area contributed by atoms with Gasteiger partial charge < -0.3 is 0 Å². The molecule has 19 heavy (non-hydrogen) atoms. The van der Waals surface area contributed by atoms with E-state index in [0.29, 0.717) is 5.82 Å². The number of nitrogens with zero attached hydrogens (tertiary/aromatic N) is 2. The fourth-order valence-electron chi connectivity index (χ4n) is 1.75. The maximum atomic E-state index is 12.3. The third-order valence-corrected chi connectivity index (χ3v) is 2.80. The summed E-state index contributed by atoms with van der Waals surface area (Å²) in [7, 11) is 0. The Morgan fingerprint density at radius 1 is 1.05 bits per heavy atom. The smallest absolute Gasteiger partial charge is 0.287 e. The molecule has 0 spiro atoms. The molecule has 0 saturated carbocycles. The standard InChI is InChI=1S/C12H15F3N4/c13-12(14,15)9-5-6-11(17-8-9)19-18-10-4-2-1-3-7-16-10/h5-6,8H,1-4,7H2,(H,16,18)(H,17,19). The predicted octanol–water partition coefficient (Wildman–Crippen LogP) is 2.99. The zero-order chi connectivity index (χ0) is 13.7. The number of alkyl halides is 3. The Balaban J connectivity index is 1.91. The Morgan fingerprint density at radius 2 is 1.89 bits per heavy atom. The minimum absolute atomic E-state index is 0.333. The Hall–Kier alpha value is -1.79. The molecule has 104 valence electrons. The molecule has 0 aliphatic carbocycles. The van der Waals surface area contributed by atoms with Crippen LogP contribution in [-0.2, 0) is 6.18 Å². The quantitative estimate of drug-likeness (QED) is 0.814. The number of hydrogen-bond donors (Lipinski definition) is 2. The highest BCUT2D eigenvalue weighted by Gasteiger charge is 2.30. The highest BCUT2D eigenvalue weighted by atomic mass is 19.4. The topological polar surface area (TPSA) is 49.3 Å². The van der Waals surface area contributed by atoms with E-state index in [1.54, 1.807) is 0 Å². The van der Waals surface area contributed by atoms with Crippen molar-refractivity contribution in [1.82, 2.24) is 10.4 Å². The van der Waals surface area contributed by atoms with Crippen LogP contribution in [0.2, 0.25) is 0 Å². The zero-order valence-electron chi connectivity index (χ0n) is 10.3. The van der Waals surface area contributed by atoms with Crippen molar-refractivity contribution < 1.29 is 13.2 Å². The molecule has 2 heterocycles.